The lowest BCUT2D eigenvalue weighted by atomic mass is 10.2. The number of likely N-dealkylation sites (N-methyl/N-ethyl adjacent to an activating group) is 1. The van der Waals surface area contributed by atoms with Gasteiger partial charge < -0.3 is 10.2 Å². The average molecular weight is 402 g/mol. The summed E-state index contributed by atoms with van der Waals surface area (Å²) in [5.41, 5.74) is 2.09. The summed E-state index contributed by atoms with van der Waals surface area (Å²) >= 11 is 1.55. The number of hydrogen-bond acceptors (Lipinski definition) is 4. The summed E-state index contributed by atoms with van der Waals surface area (Å²) in [5, 5.41) is 4.21. The van der Waals surface area contributed by atoms with E-state index in [1.54, 1.807) is 11.3 Å². The summed E-state index contributed by atoms with van der Waals surface area (Å²) in [6.07, 6.45) is 2.97. The van der Waals surface area contributed by atoms with E-state index in [1.807, 2.05) is 37.1 Å². The lowest BCUT2D eigenvalue weighted by molar-refractivity contribution is 0.0741. The molecule has 7 heteroatoms. The van der Waals surface area contributed by atoms with Gasteiger partial charge in [-0.15, -0.1) is 36.2 Å². The van der Waals surface area contributed by atoms with Crippen molar-refractivity contribution in [2.24, 2.45) is 0 Å². The van der Waals surface area contributed by atoms with Gasteiger partial charge in [0.15, 0.2) is 0 Å². The quantitative estimate of drug-likeness (QED) is 0.830. The van der Waals surface area contributed by atoms with Crippen LogP contribution in [-0.4, -0.2) is 42.0 Å². The summed E-state index contributed by atoms with van der Waals surface area (Å²) in [6, 6.07) is 10.6. The van der Waals surface area contributed by atoms with E-state index >= 15 is 0 Å². The van der Waals surface area contributed by atoms with Crippen molar-refractivity contribution >= 4 is 42.1 Å². The van der Waals surface area contributed by atoms with Crippen LogP contribution in [0.25, 0.3) is 0 Å². The van der Waals surface area contributed by atoms with Crippen LogP contribution in [-0.2, 0) is 6.42 Å². The van der Waals surface area contributed by atoms with E-state index in [9.17, 15) is 4.79 Å². The van der Waals surface area contributed by atoms with Gasteiger partial charge >= 0.3 is 0 Å². The van der Waals surface area contributed by atoms with Gasteiger partial charge in [-0.1, -0.05) is 30.3 Å². The fourth-order valence-electron chi connectivity index (χ4n) is 3.18. The van der Waals surface area contributed by atoms with Crippen molar-refractivity contribution in [1.82, 2.24) is 15.2 Å². The van der Waals surface area contributed by atoms with Crippen LogP contribution < -0.4 is 5.32 Å². The number of nitrogens with zero attached hydrogens (tertiary/aromatic N) is 2. The standard InChI is InChI=1S/C18H23N3OS.2ClH/c1-13-17(18(22)21-10-6-9-15(21)12-19-2)23-16(20-13)11-14-7-4-3-5-8-14;;/h3-5,7-8,15,19H,6,9-12H2,1-2H3;2*1H. The molecular formula is C18H25Cl2N3OS. The molecule has 2 heterocycles. The Morgan fingerprint density at radius 2 is 2.04 bits per heavy atom. The molecule has 0 radical (unpaired) electrons. The van der Waals surface area contributed by atoms with E-state index in [-0.39, 0.29) is 30.7 Å². The molecule has 1 aromatic heterocycles. The van der Waals surface area contributed by atoms with Crippen LogP contribution in [0.1, 0.15) is 38.8 Å². The molecule has 1 atom stereocenters. The Morgan fingerprint density at radius 1 is 1.32 bits per heavy atom. The Bertz CT molecular complexity index is 678. The molecule has 1 aliphatic heterocycles. The van der Waals surface area contributed by atoms with Crippen molar-refractivity contribution in [2.45, 2.75) is 32.2 Å². The van der Waals surface area contributed by atoms with Crippen molar-refractivity contribution in [3.8, 4) is 0 Å². The zero-order valence-corrected chi connectivity index (χ0v) is 17.0. The number of aryl methyl sites for hydroxylation is 1. The zero-order chi connectivity index (χ0) is 16.2. The van der Waals surface area contributed by atoms with Gasteiger partial charge in [0, 0.05) is 25.6 Å². The second-order valence-electron chi connectivity index (χ2n) is 6.04. The van der Waals surface area contributed by atoms with Crippen LogP contribution >= 0.6 is 36.2 Å². The van der Waals surface area contributed by atoms with Crippen LogP contribution in [0.2, 0.25) is 0 Å². The van der Waals surface area contributed by atoms with Gasteiger partial charge in [0.2, 0.25) is 0 Å². The number of hydrogen-bond donors (Lipinski definition) is 1. The van der Waals surface area contributed by atoms with E-state index in [2.05, 4.69) is 22.4 Å². The van der Waals surface area contributed by atoms with Gasteiger partial charge in [0.05, 0.1) is 10.7 Å². The predicted molar refractivity (Wildman–Crippen MR) is 109 cm³/mol. The first-order valence-corrected chi connectivity index (χ1v) is 8.96. The summed E-state index contributed by atoms with van der Waals surface area (Å²) in [5.74, 6) is 0.150. The molecule has 1 fully saturated rings. The minimum absolute atomic E-state index is 0. The van der Waals surface area contributed by atoms with E-state index in [1.165, 1.54) is 5.56 Å². The number of carbonyl (C=O) groups excluding carboxylic acids is 1. The highest BCUT2D eigenvalue weighted by atomic mass is 35.5. The molecule has 25 heavy (non-hydrogen) atoms. The highest BCUT2D eigenvalue weighted by molar-refractivity contribution is 7.13. The van der Waals surface area contributed by atoms with Crippen LogP contribution in [0.15, 0.2) is 30.3 Å². The summed E-state index contributed by atoms with van der Waals surface area (Å²) < 4.78 is 0. The monoisotopic (exact) mass is 401 g/mol. The Morgan fingerprint density at radius 3 is 2.72 bits per heavy atom. The topological polar surface area (TPSA) is 45.2 Å². The van der Waals surface area contributed by atoms with Crippen LogP contribution in [0.5, 0.6) is 0 Å². The van der Waals surface area contributed by atoms with E-state index in [4.69, 9.17) is 0 Å². The first kappa shape index (κ1) is 21.9. The van der Waals surface area contributed by atoms with E-state index in [0.29, 0.717) is 6.04 Å². The van der Waals surface area contributed by atoms with Gasteiger partial charge in [0.25, 0.3) is 5.91 Å². The van der Waals surface area contributed by atoms with Crippen molar-refractivity contribution in [1.29, 1.82) is 0 Å². The third-order valence-corrected chi connectivity index (χ3v) is 5.46. The fourth-order valence-corrected chi connectivity index (χ4v) is 4.23. The van der Waals surface area contributed by atoms with E-state index in [0.717, 1.165) is 47.9 Å². The molecule has 1 amide bonds. The molecule has 1 aromatic carbocycles. The molecule has 0 aliphatic carbocycles. The summed E-state index contributed by atoms with van der Waals surface area (Å²) in [7, 11) is 1.94. The van der Waals surface area contributed by atoms with Crippen LogP contribution in [0, 0.1) is 6.92 Å². The Balaban J connectivity index is 0.00000156. The maximum absolute atomic E-state index is 12.9. The van der Waals surface area contributed by atoms with Crippen molar-refractivity contribution in [2.75, 3.05) is 20.1 Å². The van der Waals surface area contributed by atoms with Crippen molar-refractivity contribution in [3.05, 3.63) is 51.5 Å². The molecule has 3 rings (SSSR count). The van der Waals surface area contributed by atoms with Gasteiger partial charge in [-0.3, -0.25) is 4.79 Å². The van der Waals surface area contributed by atoms with Crippen molar-refractivity contribution < 1.29 is 4.79 Å². The maximum atomic E-state index is 12.9. The molecule has 1 saturated heterocycles. The van der Waals surface area contributed by atoms with Gasteiger partial charge in [-0.2, -0.15) is 0 Å². The average Bonchev–Trinajstić information content (AvgIpc) is 3.15. The molecule has 0 bridgehead atoms. The van der Waals surface area contributed by atoms with Crippen molar-refractivity contribution in [3.63, 3.8) is 0 Å². The number of likely N-dealkylation sites (tertiary alicyclic amines) is 1. The number of aromatic nitrogens is 1. The van der Waals surface area contributed by atoms with E-state index < -0.39 is 0 Å². The Labute approximate surface area is 165 Å². The fraction of sp³-hybridized carbons (Fsp3) is 0.444. The lowest BCUT2D eigenvalue weighted by Gasteiger charge is -2.24. The number of benzene rings is 1. The second kappa shape index (κ2) is 10.1. The molecule has 0 spiro atoms. The maximum Gasteiger partial charge on any atom is 0.266 e. The minimum Gasteiger partial charge on any atom is -0.334 e. The molecule has 138 valence electrons. The number of amides is 1. The highest BCUT2D eigenvalue weighted by Gasteiger charge is 2.31. The molecular weight excluding hydrogens is 377 g/mol. The lowest BCUT2D eigenvalue weighted by Crippen LogP contribution is -2.40. The van der Waals surface area contributed by atoms with Gasteiger partial charge in [-0.25, -0.2) is 4.98 Å². The molecule has 2 aromatic rings. The molecule has 1 unspecified atom stereocenters. The molecule has 1 aliphatic rings. The smallest absolute Gasteiger partial charge is 0.266 e. The number of halogens is 2. The highest BCUT2D eigenvalue weighted by Crippen LogP contribution is 2.26. The van der Waals surface area contributed by atoms with Crippen LogP contribution in [0.4, 0.5) is 0 Å². The number of carbonyl (C=O) groups is 1. The van der Waals surface area contributed by atoms with Crippen LogP contribution in [0.3, 0.4) is 0 Å². The third kappa shape index (κ3) is 5.17. The molecule has 1 N–H and O–H groups in total. The zero-order valence-electron chi connectivity index (χ0n) is 14.5. The number of rotatable bonds is 5. The second-order valence-corrected chi connectivity index (χ2v) is 7.12. The molecule has 0 saturated carbocycles. The van der Waals surface area contributed by atoms with Gasteiger partial charge in [-0.05, 0) is 32.4 Å². The number of thiazole rings is 1. The minimum atomic E-state index is 0. The predicted octanol–water partition coefficient (Wildman–Crippen LogP) is 3.71. The third-order valence-electron chi connectivity index (χ3n) is 4.31. The SMILES string of the molecule is CNCC1CCCN1C(=O)c1sc(Cc2ccccc2)nc1C.Cl.Cl. The largest absolute Gasteiger partial charge is 0.334 e. The summed E-state index contributed by atoms with van der Waals surface area (Å²) in [6.45, 7) is 3.67. The first-order chi connectivity index (χ1) is 11.2. The summed E-state index contributed by atoms with van der Waals surface area (Å²) in [4.78, 5) is 20.3. The van der Waals surface area contributed by atoms with Gasteiger partial charge in [0.1, 0.15) is 4.88 Å². The normalized spacial score (nSPS) is 16.2. The number of nitrogens with one attached hydrogen (secondary N) is 1. The Hall–Kier alpha value is -1.14. The molecule has 4 nitrogen and oxygen atoms in total. The first-order valence-electron chi connectivity index (χ1n) is 8.15. The Kier molecular flexibility index (Phi) is 8.86.